The van der Waals surface area contributed by atoms with Crippen molar-refractivity contribution in [2.75, 3.05) is 5.32 Å². The number of benzene rings is 1. The molecule has 1 N–H and O–H groups in total. The van der Waals surface area contributed by atoms with E-state index < -0.39 is 11.7 Å². The second-order valence-electron chi connectivity index (χ2n) is 4.01. The largest absolute Gasteiger partial charge is 0.417 e. The van der Waals surface area contributed by atoms with E-state index in [4.69, 9.17) is 0 Å². The van der Waals surface area contributed by atoms with Crippen molar-refractivity contribution in [1.29, 1.82) is 0 Å². The molecular weight excluding hydrogens is 271 g/mol. The molecule has 0 bridgehead atoms. The van der Waals surface area contributed by atoms with Gasteiger partial charge in [-0.25, -0.2) is 4.98 Å². The summed E-state index contributed by atoms with van der Waals surface area (Å²) in [5, 5.41) is 2.38. The molecule has 1 aromatic heterocycles. The van der Waals surface area contributed by atoms with Gasteiger partial charge in [-0.3, -0.25) is 9.78 Å². The number of nitrogens with zero attached hydrogens (tertiary/aromatic N) is 2. The van der Waals surface area contributed by atoms with Crippen LogP contribution < -0.4 is 5.32 Å². The molecule has 4 nitrogen and oxygen atoms in total. The number of anilines is 1. The average molecular weight is 281 g/mol. The zero-order chi connectivity index (χ0) is 14.8. The number of hydrogen-bond donors (Lipinski definition) is 1. The van der Waals surface area contributed by atoms with Gasteiger partial charge in [-0.05, 0) is 6.07 Å². The first-order chi connectivity index (χ1) is 9.38. The number of hydrogen-bond acceptors (Lipinski definition) is 3. The number of carbonyl (C=O) groups excluding carboxylic acids is 1. The maximum absolute atomic E-state index is 12.9. The molecule has 0 fully saturated rings. The minimum Gasteiger partial charge on any atom is -0.310 e. The number of amides is 1. The summed E-state index contributed by atoms with van der Waals surface area (Å²) in [5.74, 6) is -0.271. The van der Waals surface area contributed by atoms with Gasteiger partial charge in [0.05, 0.1) is 23.7 Å². The molecule has 0 aliphatic rings. The zero-order valence-electron chi connectivity index (χ0n) is 10.4. The van der Waals surface area contributed by atoms with Crippen LogP contribution in [0.1, 0.15) is 12.5 Å². The smallest absolute Gasteiger partial charge is 0.310 e. The Kier molecular flexibility index (Phi) is 3.69. The standard InChI is InChI=1S/C13H10F3N3O/c1-8(20)18-12-7-17-6-11(19-12)9-4-2-3-5-10(9)13(14,15)16/h2-7H,1H3,(H,18,19,20). The summed E-state index contributed by atoms with van der Waals surface area (Å²) >= 11 is 0. The number of aromatic nitrogens is 2. The molecule has 0 aliphatic carbocycles. The van der Waals surface area contributed by atoms with Crippen LogP contribution in [-0.4, -0.2) is 15.9 Å². The van der Waals surface area contributed by atoms with Crippen LogP contribution >= 0.6 is 0 Å². The Hall–Kier alpha value is -2.44. The van der Waals surface area contributed by atoms with E-state index in [1.54, 1.807) is 0 Å². The van der Waals surface area contributed by atoms with Gasteiger partial charge < -0.3 is 5.32 Å². The summed E-state index contributed by atoms with van der Waals surface area (Å²) in [6, 6.07) is 5.07. The van der Waals surface area contributed by atoms with E-state index in [1.807, 2.05) is 0 Å². The van der Waals surface area contributed by atoms with Gasteiger partial charge >= 0.3 is 6.18 Å². The maximum atomic E-state index is 12.9. The molecule has 1 heterocycles. The van der Waals surface area contributed by atoms with Crippen LogP contribution in [0.25, 0.3) is 11.3 Å². The number of nitrogens with one attached hydrogen (secondary N) is 1. The van der Waals surface area contributed by atoms with Crippen LogP contribution in [0.4, 0.5) is 19.0 Å². The van der Waals surface area contributed by atoms with E-state index in [2.05, 4.69) is 15.3 Å². The molecule has 1 aromatic carbocycles. The highest BCUT2D eigenvalue weighted by atomic mass is 19.4. The lowest BCUT2D eigenvalue weighted by Gasteiger charge is -2.12. The summed E-state index contributed by atoms with van der Waals surface area (Å²) in [5.41, 5.74) is -0.835. The van der Waals surface area contributed by atoms with Crippen molar-refractivity contribution in [3.8, 4) is 11.3 Å². The molecule has 20 heavy (non-hydrogen) atoms. The van der Waals surface area contributed by atoms with E-state index in [0.29, 0.717) is 0 Å². The number of halogens is 3. The predicted molar refractivity (Wildman–Crippen MR) is 66.8 cm³/mol. The lowest BCUT2D eigenvalue weighted by Crippen LogP contribution is -2.10. The first-order valence-electron chi connectivity index (χ1n) is 5.64. The third kappa shape index (κ3) is 3.11. The molecule has 104 valence electrons. The average Bonchev–Trinajstić information content (AvgIpc) is 2.37. The van der Waals surface area contributed by atoms with Gasteiger partial charge in [0, 0.05) is 12.5 Å². The van der Waals surface area contributed by atoms with Gasteiger partial charge in [0.2, 0.25) is 5.91 Å². The maximum Gasteiger partial charge on any atom is 0.417 e. The van der Waals surface area contributed by atoms with Crippen molar-refractivity contribution in [1.82, 2.24) is 9.97 Å². The van der Waals surface area contributed by atoms with Gasteiger partial charge in [-0.2, -0.15) is 13.2 Å². The Morgan fingerprint density at radius 3 is 2.55 bits per heavy atom. The molecule has 0 unspecified atom stereocenters. The molecule has 0 saturated heterocycles. The van der Waals surface area contributed by atoms with Gasteiger partial charge in [0.25, 0.3) is 0 Å². The van der Waals surface area contributed by atoms with Crippen molar-refractivity contribution in [2.24, 2.45) is 0 Å². The minimum atomic E-state index is -4.48. The van der Waals surface area contributed by atoms with Crippen LogP contribution in [0.2, 0.25) is 0 Å². The SMILES string of the molecule is CC(=O)Nc1cncc(-c2ccccc2C(F)(F)F)n1. The van der Waals surface area contributed by atoms with Gasteiger partial charge in [-0.1, -0.05) is 18.2 Å². The van der Waals surface area contributed by atoms with E-state index in [-0.39, 0.29) is 23.0 Å². The normalized spacial score (nSPS) is 11.2. The van der Waals surface area contributed by atoms with Crippen molar-refractivity contribution in [3.63, 3.8) is 0 Å². The summed E-state index contributed by atoms with van der Waals surface area (Å²) < 4.78 is 38.8. The molecule has 0 atom stereocenters. The van der Waals surface area contributed by atoms with E-state index in [1.165, 1.54) is 37.5 Å². The topological polar surface area (TPSA) is 54.9 Å². The molecule has 1 amide bonds. The van der Waals surface area contributed by atoms with Gasteiger partial charge in [0.1, 0.15) is 0 Å². The van der Waals surface area contributed by atoms with Crippen molar-refractivity contribution in [3.05, 3.63) is 42.2 Å². The van der Waals surface area contributed by atoms with Crippen molar-refractivity contribution < 1.29 is 18.0 Å². The Labute approximate surface area is 112 Å². The zero-order valence-corrected chi connectivity index (χ0v) is 10.4. The first kappa shape index (κ1) is 14.0. The molecule has 2 aromatic rings. The van der Waals surface area contributed by atoms with Crippen LogP contribution in [0, 0.1) is 0 Å². The minimum absolute atomic E-state index is 0.0455. The fraction of sp³-hybridized carbons (Fsp3) is 0.154. The fourth-order valence-electron chi connectivity index (χ4n) is 1.69. The Morgan fingerprint density at radius 2 is 1.90 bits per heavy atom. The predicted octanol–water partition coefficient (Wildman–Crippen LogP) is 3.12. The summed E-state index contributed by atoms with van der Waals surface area (Å²) in [4.78, 5) is 18.7. The van der Waals surface area contributed by atoms with Crippen LogP contribution in [0.5, 0.6) is 0 Å². The van der Waals surface area contributed by atoms with E-state index in [9.17, 15) is 18.0 Å². The number of rotatable bonds is 2. The van der Waals surface area contributed by atoms with E-state index >= 15 is 0 Å². The summed E-state index contributed by atoms with van der Waals surface area (Å²) in [7, 11) is 0. The highest BCUT2D eigenvalue weighted by molar-refractivity contribution is 5.87. The first-order valence-corrected chi connectivity index (χ1v) is 5.64. The van der Waals surface area contributed by atoms with Crippen LogP contribution in [0.3, 0.4) is 0 Å². The monoisotopic (exact) mass is 281 g/mol. The van der Waals surface area contributed by atoms with E-state index in [0.717, 1.165) is 6.07 Å². The second kappa shape index (κ2) is 5.28. The molecule has 0 aliphatic heterocycles. The highest BCUT2D eigenvalue weighted by Crippen LogP contribution is 2.36. The van der Waals surface area contributed by atoms with Crippen molar-refractivity contribution in [2.45, 2.75) is 13.1 Å². The highest BCUT2D eigenvalue weighted by Gasteiger charge is 2.33. The molecule has 2 rings (SSSR count). The van der Waals surface area contributed by atoms with Crippen LogP contribution in [-0.2, 0) is 11.0 Å². The summed E-state index contributed by atoms with van der Waals surface area (Å²) in [6.45, 7) is 1.28. The molecular formula is C13H10F3N3O. The number of alkyl halides is 3. The quantitative estimate of drug-likeness (QED) is 0.920. The fourth-order valence-corrected chi connectivity index (χ4v) is 1.69. The second-order valence-corrected chi connectivity index (χ2v) is 4.01. The Bertz CT molecular complexity index is 641. The molecule has 0 spiro atoms. The lowest BCUT2D eigenvalue weighted by molar-refractivity contribution is -0.137. The molecule has 0 radical (unpaired) electrons. The van der Waals surface area contributed by atoms with Gasteiger partial charge in [0.15, 0.2) is 5.82 Å². The Balaban J connectivity index is 2.49. The Morgan fingerprint density at radius 1 is 1.20 bits per heavy atom. The number of carbonyl (C=O) groups is 1. The third-order valence-corrected chi connectivity index (χ3v) is 2.45. The summed E-state index contributed by atoms with van der Waals surface area (Å²) in [6.07, 6.45) is -2.00. The molecule has 0 saturated carbocycles. The van der Waals surface area contributed by atoms with Crippen LogP contribution in [0.15, 0.2) is 36.7 Å². The van der Waals surface area contributed by atoms with Crippen molar-refractivity contribution >= 4 is 11.7 Å². The molecule has 7 heteroatoms. The lowest BCUT2D eigenvalue weighted by atomic mass is 10.0. The van der Waals surface area contributed by atoms with Gasteiger partial charge in [-0.15, -0.1) is 0 Å². The third-order valence-electron chi connectivity index (χ3n) is 2.45.